The van der Waals surface area contributed by atoms with Gasteiger partial charge in [0.1, 0.15) is 6.04 Å². The van der Waals surface area contributed by atoms with Crippen molar-refractivity contribution in [2.45, 2.75) is 19.9 Å². The van der Waals surface area contributed by atoms with Crippen molar-refractivity contribution in [3.63, 3.8) is 0 Å². The highest BCUT2D eigenvalue weighted by atomic mass is 16.1. The van der Waals surface area contributed by atoms with Gasteiger partial charge in [0.15, 0.2) is 0 Å². The predicted molar refractivity (Wildman–Crippen MR) is 57.2 cm³/mol. The Balaban J connectivity index is 2.88. The Bertz CT molecular complexity index is 282. The fourth-order valence-electron chi connectivity index (χ4n) is 1.26. The highest BCUT2D eigenvalue weighted by molar-refractivity contribution is 5.62. The summed E-state index contributed by atoms with van der Waals surface area (Å²) in [5.74, 6) is 0. The van der Waals surface area contributed by atoms with Crippen molar-refractivity contribution < 1.29 is 4.79 Å². The summed E-state index contributed by atoms with van der Waals surface area (Å²) in [4.78, 5) is 12.8. The normalized spacial score (nSPS) is 13.2. The summed E-state index contributed by atoms with van der Waals surface area (Å²) in [6, 6.07) is 10.5. The van der Waals surface area contributed by atoms with E-state index in [1.54, 1.807) is 0 Å². The third-order valence-electron chi connectivity index (χ3n) is 2.32. The van der Waals surface area contributed by atoms with Crippen LogP contribution in [0.15, 0.2) is 30.3 Å². The molecule has 0 heterocycles. The van der Waals surface area contributed by atoms with Gasteiger partial charge in [-0.2, -0.15) is 0 Å². The summed E-state index contributed by atoms with van der Waals surface area (Å²) in [6.45, 7) is 3.96. The van der Waals surface area contributed by atoms with E-state index < -0.39 is 0 Å². The third kappa shape index (κ3) is 2.42. The largest absolute Gasteiger partial charge is 0.289 e. The van der Waals surface area contributed by atoms with Crippen molar-refractivity contribution in [3.05, 3.63) is 41.9 Å². The van der Waals surface area contributed by atoms with Crippen LogP contribution in [0, 0.1) is 6.04 Å². The molecule has 0 N–H and O–H groups in total. The Morgan fingerprint density at radius 1 is 1.29 bits per heavy atom. The van der Waals surface area contributed by atoms with Gasteiger partial charge in [0.25, 0.3) is 0 Å². The molecule has 2 radical (unpaired) electrons. The number of carbonyl (C=O) groups excluding carboxylic acids is 1. The molecule has 1 rings (SSSR count). The molecule has 0 fully saturated rings. The number of likely N-dealkylation sites (N-methyl/N-ethyl adjacent to an activating group) is 1. The summed E-state index contributed by atoms with van der Waals surface area (Å²) in [6.07, 6.45) is 2.05. The standard InChI is InChI=1S/C12H15NO/c1-10(2)13(3)12(9-14)11-7-5-4-6-8-11/h4-8,12H,1-3H3. The van der Waals surface area contributed by atoms with E-state index in [1.807, 2.05) is 56.1 Å². The molecule has 1 aromatic rings. The van der Waals surface area contributed by atoms with E-state index in [9.17, 15) is 4.79 Å². The SMILES string of the molecule is C[C](C)N(C)C([C]=O)c1ccccc1. The summed E-state index contributed by atoms with van der Waals surface area (Å²) in [5.41, 5.74) is 0.978. The second-order valence-corrected chi connectivity index (χ2v) is 3.49. The molecule has 0 amide bonds. The van der Waals surface area contributed by atoms with Crippen LogP contribution in [-0.4, -0.2) is 18.2 Å². The van der Waals surface area contributed by atoms with Crippen LogP contribution in [-0.2, 0) is 4.79 Å². The fourth-order valence-corrected chi connectivity index (χ4v) is 1.26. The van der Waals surface area contributed by atoms with Crippen molar-refractivity contribution in [1.82, 2.24) is 4.90 Å². The Kier molecular flexibility index (Phi) is 3.84. The maximum absolute atomic E-state index is 10.9. The van der Waals surface area contributed by atoms with Gasteiger partial charge in [-0.3, -0.25) is 9.69 Å². The van der Waals surface area contributed by atoms with Gasteiger partial charge in [0.05, 0.1) is 0 Å². The summed E-state index contributed by atoms with van der Waals surface area (Å²) >= 11 is 0. The van der Waals surface area contributed by atoms with Gasteiger partial charge in [0, 0.05) is 6.04 Å². The summed E-state index contributed by atoms with van der Waals surface area (Å²) in [7, 11) is 1.90. The van der Waals surface area contributed by atoms with Crippen LogP contribution in [0.2, 0.25) is 0 Å². The first-order chi connectivity index (χ1) is 6.66. The number of hydrogen-bond acceptors (Lipinski definition) is 2. The van der Waals surface area contributed by atoms with Crippen LogP contribution in [0.5, 0.6) is 0 Å². The Labute approximate surface area is 85.5 Å². The molecule has 0 aliphatic heterocycles. The van der Waals surface area contributed by atoms with Crippen LogP contribution in [0.3, 0.4) is 0 Å². The highest BCUT2D eigenvalue weighted by Gasteiger charge is 2.19. The maximum atomic E-state index is 10.9. The molecule has 2 heteroatoms. The minimum absolute atomic E-state index is 0.291. The van der Waals surface area contributed by atoms with Crippen molar-refractivity contribution in [2.75, 3.05) is 7.05 Å². The molecular weight excluding hydrogens is 174 g/mol. The zero-order valence-corrected chi connectivity index (χ0v) is 8.82. The minimum Gasteiger partial charge on any atom is -0.289 e. The van der Waals surface area contributed by atoms with Crippen LogP contribution in [0.25, 0.3) is 0 Å². The molecule has 2 nitrogen and oxygen atoms in total. The van der Waals surface area contributed by atoms with Gasteiger partial charge in [-0.05, 0) is 26.5 Å². The monoisotopic (exact) mass is 189 g/mol. The molecule has 1 unspecified atom stereocenters. The Morgan fingerprint density at radius 3 is 2.29 bits per heavy atom. The third-order valence-corrected chi connectivity index (χ3v) is 2.32. The average molecular weight is 189 g/mol. The van der Waals surface area contributed by atoms with Gasteiger partial charge < -0.3 is 0 Å². The molecule has 0 saturated carbocycles. The second kappa shape index (κ2) is 4.91. The van der Waals surface area contributed by atoms with Gasteiger partial charge in [-0.1, -0.05) is 30.3 Å². The summed E-state index contributed by atoms with van der Waals surface area (Å²) < 4.78 is 0. The first kappa shape index (κ1) is 10.9. The topological polar surface area (TPSA) is 20.3 Å². The van der Waals surface area contributed by atoms with E-state index in [-0.39, 0.29) is 6.04 Å². The highest BCUT2D eigenvalue weighted by Crippen LogP contribution is 2.21. The molecule has 14 heavy (non-hydrogen) atoms. The van der Waals surface area contributed by atoms with Crippen LogP contribution in [0.4, 0.5) is 0 Å². The quantitative estimate of drug-likeness (QED) is 0.724. The smallest absolute Gasteiger partial charge is 0.222 e. The number of rotatable bonds is 4. The lowest BCUT2D eigenvalue weighted by Gasteiger charge is -2.26. The number of nitrogens with zero attached hydrogens (tertiary/aromatic N) is 1. The number of benzene rings is 1. The molecule has 0 saturated heterocycles. The number of hydrogen-bond donors (Lipinski definition) is 0. The Hall–Kier alpha value is -1.15. The molecule has 1 aromatic carbocycles. The van der Waals surface area contributed by atoms with Crippen molar-refractivity contribution in [2.24, 2.45) is 0 Å². The molecule has 1 atom stereocenters. The lowest BCUT2D eigenvalue weighted by molar-refractivity contribution is 0.312. The molecule has 0 spiro atoms. The molecule has 0 aliphatic rings. The van der Waals surface area contributed by atoms with Gasteiger partial charge in [-0.25, -0.2) is 0 Å². The zero-order chi connectivity index (χ0) is 10.6. The van der Waals surface area contributed by atoms with Crippen molar-refractivity contribution >= 4 is 6.29 Å². The molecule has 0 bridgehead atoms. The average Bonchev–Trinajstić information content (AvgIpc) is 2.20. The fraction of sp³-hybridized carbons (Fsp3) is 0.333. The van der Waals surface area contributed by atoms with Gasteiger partial charge >= 0.3 is 0 Å². The molecular formula is C12H15NO. The molecule has 74 valence electrons. The first-order valence-corrected chi connectivity index (χ1v) is 4.62. The lowest BCUT2D eigenvalue weighted by atomic mass is 10.1. The van der Waals surface area contributed by atoms with E-state index in [0.717, 1.165) is 11.6 Å². The van der Waals surface area contributed by atoms with E-state index in [1.165, 1.54) is 0 Å². The van der Waals surface area contributed by atoms with Crippen molar-refractivity contribution in [1.29, 1.82) is 0 Å². The van der Waals surface area contributed by atoms with Crippen LogP contribution < -0.4 is 0 Å². The lowest BCUT2D eigenvalue weighted by Crippen LogP contribution is -2.26. The van der Waals surface area contributed by atoms with Gasteiger partial charge in [0.2, 0.25) is 6.29 Å². The first-order valence-electron chi connectivity index (χ1n) is 4.62. The van der Waals surface area contributed by atoms with E-state index in [4.69, 9.17) is 0 Å². The molecule has 0 aromatic heterocycles. The molecule has 0 aliphatic carbocycles. The zero-order valence-electron chi connectivity index (χ0n) is 8.82. The van der Waals surface area contributed by atoms with Crippen molar-refractivity contribution in [3.8, 4) is 0 Å². The maximum Gasteiger partial charge on any atom is 0.222 e. The predicted octanol–water partition coefficient (Wildman–Crippen LogP) is 2.34. The van der Waals surface area contributed by atoms with E-state index >= 15 is 0 Å². The van der Waals surface area contributed by atoms with E-state index in [2.05, 4.69) is 6.29 Å². The minimum atomic E-state index is -0.291. The second-order valence-electron chi connectivity index (χ2n) is 3.49. The van der Waals surface area contributed by atoms with Crippen LogP contribution >= 0.6 is 0 Å². The Morgan fingerprint density at radius 2 is 1.86 bits per heavy atom. The summed E-state index contributed by atoms with van der Waals surface area (Å²) in [5, 5.41) is 0. The van der Waals surface area contributed by atoms with Crippen LogP contribution in [0.1, 0.15) is 25.5 Å². The van der Waals surface area contributed by atoms with Gasteiger partial charge in [-0.15, -0.1) is 0 Å². The van der Waals surface area contributed by atoms with E-state index in [0.29, 0.717) is 0 Å².